The molecule has 0 bridgehead atoms. The maximum absolute atomic E-state index is 11.8. The summed E-state index contributed by atoms with van der Waals surface area (Å²) < 4.78 is 7.50. The summed E-state index contributed by atoms with van der Waals surface area (Å²) in [4.78, 5) is 16.1. The Balaban J connectivity index is 1.39. The molecule has 1 aliphatic carbocycles. The monoisotopic (exact) mass is 319 g/mol. The van der Waals surface area contributed by atoms with Crippen molar-refractivity contribution in [2.24, 2.45) is 0 Å². The number of hydrogen-bond acceptors (Lipinski definition) is 3. The van der Waals surface area contributed by atoms with Crippen molar-refractivity contribution in [3.05, 3.63) is 47.5 Å². The van der Waals surface area contributed by atoms with Gasteiger partial charge in [0.2, 0.25) is 0 Å². The predicted octanol–water partition coefficient (Wildman–Crippen LogP) is 2.61. The lowest BCUT2D eigenvalue weighted by Crippen LogP contribution is -2.31. The van der Waals surface area contributed by atoms with Gasteiger partial charge in [-0.15, -0.1) is 0 Å². The fourth-order valence-electron chi connectivity index (χ4n) is 2.26. The molecule has 1 amide bonds. The summed E-state index contributed by atoms with van der Waals surface area (Å²) in [6.45, 7) is 1.30. The second kappa shape index (κ2) is 6.83. The van der Waals surface area contributed by atoms with Crippen LogP contribution in [-0.4, -0.2) is 28.6 Å². The van der Waals surface area contributed by atoms with Gasteiger partial charge in [-0.05, 0) is 37.1 Å². The molecule has 116 valence electrons. The normalized spacial score (nSPS) is 13.9. The minimum Gasteiger partial charge on any atom is -0.484 e. The average molecular weight is 320 g/mol. The molecule has 1 aromatic heterocycles. The lowest BCUT2D eigenvalue weighted by Gasteiger charge is -2.09. The maximum Gasteiger partial charge on any atom is 0.258 e. The number of hydrogen-bond donors (Lipinski definition) is 1. The largest absolute Gasteiger partial charge is 0.484 e. The topological polar surface area (TPSA) is 56.1 Å². The van der Waals surface area contributed by atoms with Crippen LogP contribution in [0.4, 0.5) is 0 Å². The first-order valence-electron chi connectivity index (χ1n) is 7.38. The second-order valence-corrected chi connectivity index (χ2v) is 5.78. The summed E-state index contributed by atoms with van der Waals surface area (Å²) in [5, 5.41) is 3.49. The van der Waals surface area contributed by atoms with Gasteiger partial charge in [-0.2, -0.15) is 0 Å². The van der Waals surface area contributed by atoms with E-state index in [9.17, 15) is 4.79 Å². The summed E-state index contributed by atoms with van der Waals surface area (Å²) in [5.41, 5.74) is 0. The zero-order chi connectivity index (χ0) is 15.4. The van der Waals surface area contributed by atoms with Crippen LogP contribution in [0.5, 0.6) is 5.75 Å². The van der Waals surface area contributed by atoms with Crippen molar-refractivity contribution in [1.29, 1.82) is 0 Å². The number of ether oxygens (including phenoxy) is 1. The third-order valence-electron chi connectivity index (χ3n) is 3.55. The van der Waals surface area contributed by atoms with Crippen molar-refractivity contribution in [1.82, 2.24) is 14.9 Å². The van der Waals surface area contributed by atoms with Crippen LogP contribution >= 0.6 is 11.6 Å². The molecule has 3 rings (SSSR count). The summed E-state index contributed by atoms with van der Waals surface area (Å²) in [6.07, 6.45) is 6.22. The molecule has 0 radical (unpaired) electrons. The van der Waals surface area contributed by atoms with Gasteiger partial charge in [0.05, 0.1) is 0 Å². The van der Waals surface area contributed by atoms with Crippen LogP contribution in [0.3, 0.4) is 0 Å². The molecule has 1 aromatic carbocycles. The number of nitrogens with one attached hydrogen (secondary N) is 1. The highest BCUT2D eigenvalue weighted by Crippen LogP contribution is 2.38. The molecule has 1 N–H and O–H groups in total. The van der Waals surface area contributed by atoms with E-state index in [-0.39, 0.29) is 12.5 Å². The minimum atomic E-state index is -0.136. The van der Waals surface area contributed by atoms with Crippen molar-refractivity contribution in [3.8, 4) is 5.75 Å². The first-order valence-corrected chi connectivity index (χ1v) is 7.76. The fraction of sp³-hybridized carbons (Fsp3) is 0.375. The number of rotatable bonds is 7. The van der Waals surface area contributed by atoms with Crippen LogP contribution in [0.15, 0.2) is 36.7 Å². The van der Waals surface area contributed by atoms with Crippen LogP contribution in [0.1, 0.15) is 24.6 Å². The van der Waals surface area contributed by atoms with E-state index in [0.717, 1.165) is 12.4 Å². The Morgan fingerprint density at radius 1 is 1.36 bits per heavy atom. The molecule has 2 aromatic rings. The third-order valence-corrected chi connectivity index (χ3v) is 3.80. The Bertz CT molecular complexity index is 635. The van der Waals surface area contributed by atoms with Gasteiger partial charge < -0.3 is 14.6 Å². The van der Waals surface area contributed by atoms with Crippen LogP contribution in [0.2, 0.25) is 5.02 Å². The Hall–Kier alpha value is -2.01. The maximum atomic E-state index is 11.8. The minimum absolute atomic E-state index is 0.00103. The van der Waals surface area contributed by atoms with Gasteiger partial charge >= 0.3 is 0 Å². The number of amides is 1. The summed E-state index contributed by atoms with van der Waals surface area (Å²) in [5.74, 6) is 2.24. The molecule has 1 heterocycles. The number of nitrogens with zero attached hydrogens (tertiary/aromatic N) is 2. The molecule has 0 unspecified atom stereocenters. The average Bonchev–Trinajstić information content (AvgIpc) is 3.26. The second-order valence-electron chi connectivity index (χ2n) is 5.35. The lowest BCUT2D eigenvalue weighted by atomic mass is 10.3. The van der Waals surface area contributed by atoms with E-state index in [1.807, 2.05) is 12.4 Å². The highest BCUT2D eigenvalue weighted by atomic mass is 35.5. The molecule has 1 saturated carbocycles. The zero-order valence-corrected chi connectivity index (χ0v) is 12.9. The number of imidazole rings is 1. The van der Waals surface area contributed by atoms with Crippen molar-refractivity contribution < 1.29 is 9.53 Å². The Morgan fingerprint density at radius 2 is 2.14 bits per heavy atom. The third kappa shape index (κ3) is 4.01. The highest BCUT2D eigenvalue weighted by Gasteiger charge is 2.27. The van der Waals surface area contributed by atoms with Crippen LogP contribution in [0.25, 0.3) is 0 Å². The number of halogens is 1. The summed E-state index contributed by atoms with van der Waals surface area (Å²) in [7, 11) is 0. The van der Waals surface area contributed by atoms with Gasteiger partial charge in [0.1, 0.15) is 11.6 Å². The molecule has 5 nitrogen and oxygen atoms in total. The van der Waals surface area contributed by atoms with Gasteiger partial charge in [-0.3, -0.25) is 4.79 Å². The molecular formula is C16H18ClN3O2. The Kier molecular flexibility index (Phi) is 4.63. The Morgan fingerprint density at radius 3 is 2.86 bits per heavy atom. The summed E-state index contributed by atoms with van der Waals surface area (Å²) >= 11 is 5.79. The number of carbonyl (C=O) groups excluding carboxylic acids is 1. The predicted molar refractivity (Wildman–Crippen MR) is 84.2 cm³/mol. The van der Waals surface area contributed by atoms with E-state index < -0.39 is 0 Å². The van der Waals surface area contributed by atoms with E-state index in [1.165, 1.54) is 12.8 Å². The fourth-order valence-corrected chi connectivity index (χ4v) is 2.38. The van der Waals surface area contributed by atoms with Crippen molar-refractivity contribution in [3.63, 3.8) is 0 Å². The zero-order valence-electron chi connectivity index (χ0n) is 12.2. The van der Waals surface area contributed by atoms with E-state index in [1.54, 1.807) is 24.3 Å². The standard InChI is InChI=1S/C16H18ClN3O2/c17-13-3-5-14(6-4-13)22-11-15(21)18-7-9-20-10-8-19-16(20)12-1-2-12/h3-6,8,10,12H,1-2,7,9,11H2,(H,18,21). The van der Waals surface area contributed by atoms with Gasteiger partial charge in [0.25, 0.3) is 5.91 Å². The Labute approximate surface area is 134 Å². The lowest BCUT2D eigenvalue weighted by molar-refractivity contribution is -0.123. The van der Waals surface area contributed by atoms with Crippen molar-refractivity contribution >= 4 is 17.5 Å². The van der Waals surface area contributed by atoms with Crippen LogP contribution < -0.4 is 10.1 Å². The van der Waals surface area contributed by atoms with E-state index >= 15 is 0 Å². The molecule has 0 aliphatic heterocycles. The molecule has 0 atom stereocenters. The first kappa shape index (κ1) is 14.9. The van der Waals surface area contributed by atoms with Crippen molar-refractivity contribution in [2.75, 3.05) is 13.2 Å². The van der Waals surface area contributed by atoms with Gasteiger partial charge in [0, 0.05) is 36.4 Å². The molecule has 1 fully saturated rings. The van der Waals surface area contributed by atoms with E-state index in [2.05, 4.69) is 14.9 Å². The van der Waals surface area contributed by atoms with Crippen molar-refractivity contribution in [2.45, 2.75) is 25.3 Å². The first-order chi connectivity index (χ1) is 10.7. The van der Waals surface area contributed by atoms with Gasteiger partial charge in [-0.25, -0.2) is 4.98 Å². The van der Waals surface area contributed by atoms with Crippen LogP contribution in [-0.2, 0) is 11.3 Å². The molecular weight excluding hydrogens is 302 g/mol. The number of carbonyl (C=O) groups is 1. The van der Waals surface area contributed by atoms with E-state index in [0.29, 0.717) is 23.2 Å². The molecule has 0 saturated heterocycles. The SMILES string of the molecule is O=C(COc1ccc(Cl)cc1)NCCn1ccnc1C1CC1. The molecule has 0 spiro atoms. The quantitative estimate of drug-likeness (QED) is 0.853. The highest BCUT2D eigenvalue weighted by molar-refractivity contribution is 6.30. The van der Waals surface area contributed by atoms with Gasteiger partial charge in [0.15, 0.2) is 6.61 Å². The smallest absolute Gasteiger partial charge is 0.258 e. The number of benzene rings is 1. The molecule has 1 aliphatic rings. The van der Waals surface area contributed by atoms with E-state index in [4.69, 9.17) is 16.3 Å². The summed E-state index contributed by atoms with van der Waals surface area (Å²) in [6, 6.07) is 6.94. The molecule has 22 heavy (non-hydrogen) atoms. The molecule has 6 heteroatoms. The van der Waals surface area contributed by atoms with Gasteiger partial charge in [-0.1, -0.05) is 11.6 Å². The van der Waals surface area contributed by atoms with Crippen LogP contribution in [0, 0.1) is 0 Å². The number of aromatic nitrogens is 2.